The lowest BCUT2D eigenvalue weighted by Crippen LogP contribution is -2.41. The molecule has 0 saturated carbocycles. The molecule has 2 saturated heterocycles. The zero-order valence-corrected chi connectivity index (χ0v) is 43.5. The van der Waals surface area contributed by atoms with E-state index in [0.717, 1.165) is 0 Å². The second-order valence-corrected chi connectivity index (χ2v) is 19.2. The first kappa shape index (κ1) is 60.5. The average molecular weight is 1000 g/mol. The van der Waals surface area contributed by atoms with Crippen molar-refractivity contribution < 1.29 is 58.2 Å². The van der Waals surface area contributed by atoms with Crippen LogP contribution in [0.3, 0.4) is 0 Å². The summed E-state index contributed by atoms with van der Waals surface area (Å²) in [5, 5.41) is 26.9. The second kappa shape index (κ2) is 30.3. The van der Waals surface area contributed by atoms with Crippen molar-refractivity contribution >= 4 is 58.3 Å². The predicted octanol–water partition coefficient (Wildman–Crippen LogP) is 3.36. The second-order valence-electron chi connectivity index (χ2n) is 19.2. The molecule has 0 aromatic heterocycles. The van der Waals surface area contributed by atoms with Gasteiger partial charge in [-0.3, -0.25) is 57.7 Å². The Balaban J connectivity index is 0.000000380. The fourth-order valence-corrected chi connectivity index (χ4v) is 9.21. The maximum absolute atomic E-state index is 12.9. The quantitative estimate of drug-likeness (QED) is 0.0956. The highest BCUT2D eigenvalue weighted by atomic mass is 16.3. The molecule has 72 heavy (non-hydrogen) atoms. The van der Waals surface area contributed by atoms with Gasteiger partial charge in [-0.15, -0.1) is 0 Å². The van der Waals surface area contributed by atoms with Crippen molar-refractivity contribution in [1.82, 2.24) is 30.2 Å². The molecule has 4 rings (SSSR count). The SMILES string of the molecule is CCCC(CC(=O)[C@@H]1CC(=O)CN1CC)C(O)C(=O)CCC(=O)N[C@H](C(=O)N(C)C)c1ccccc1.CCCC(CC(=O)[C@@H]1CC(=O)CN1CC)C(O)C(=O)CCC(=O)N[C@H](C(=O)N(C)C)c1ccccc1. The number of aliphatic hydroxyl groups is 2. The van der Waals surface area contributed by atoms with Gasteiger partial charge in [0.25, 0.3) is 0 Å². The minimum atomic E-state index is -1.37. The molecule has 0 aliphatic carbocycles. The Labute approximate surface area is 424 Å². The van der Waals surface area contributed by atoms with Gasteiger partial charge in [-0.2, -0.15) is 0 Å². The molecular weight excluding hydrogens is 925 g/mol. The lowest BCUT2D eigenvalue weighted by atomic mass is 9.86. The van der Waals surface area contributed by atoms with E-state index in [-0.39, 0.29) is 99.4 Å². The Morgan fingerprint density at radius 2 is 0.889 bits per heavy atom. The van der Waals surface area contributed by atoms with Crippen molar-refractivity contribution in [1.29, 1.82) is 0 Å². The van der Waals surface area contributed by atoms with E-state index in [4.69, 9.17) is 0 Å². The molecule has 0 radical (unpaired) electrons. The van der Waals surface area contributed by atoms with Crippen molar-refractivity contribution in [3.63, 3.8) is 0 Å². The number of rotatable bonds is 28. The van der Waals surface area contributed by atoms with Crippen molar-refractivity contribution in [2.45, 2.75) is 141 Å². The van der Waals surface area contributed by atoms with Crippen molar-refractivity contribution in [3.05, 3.63) is 71.8 Å². The summed E-state index contributed by atoms with van der Waals surface area (Å²) in [6, 6.07) is 14.9. The van der Waals surface area contributed by atoms with Gasteiger partial charge in [-0.05, 0) is 48.9 Å². The molecule has 2 aliphatic rings. The van der Waals surface area contributed by atoms with Crippen LogP contribution in [0.2, 0.25) is 0 Å². The Morgan fingerprint density at radius 1 is 0.556 bits per heavy atom. The number of likely N-dealkylation sites (tertiary alicyclic amines) is 2. The van der Waals surface area contributed by atoms with Gasteiger partial charge in [-0.1, -0.05) is 101 Å². The molecule has 2 aromatic carbocycles. The van der Waals surface area contributed by atoms with Crippen LogP contribution in [0.4, 0.5) is 0 Å². The van der Waals surface area contributed by atoms with E-state index in [1.807, 2.05) is 49.6 Å². The zero-order valence-electron chi connectivity index (χ0n) is 43.5. The maximum atomic E-state index is 12.9. The molecule has 396 valence electrons. The lowest BCUT2D eigenvalue weighted by molar-refractivity contribution is -0.136. The van der Waals surface area contributed by atoms with Crippen molar-refractivity contribution in [2.75, 3.05) is 54.4 Å². The van der Waals surface area contributed by atoms with Crippen LogP contribution in [0.15, 0.2) is 60.7 Å². The van der Waals surface area contributed by atoms with Crippen LogP contribution in [0, 0.1) is 11.8 Å². The number of amides is 4. The largest absolute Gasteiger partial charge is 0.385 e. The summed E-state index contributed by atoms with van der Waals surface area (Å²) in [5.74, 6) is -3.96. The summed E-state index contributed by atoms with van der Waals surface area (Å²) >= 11 is 0. The Bertz CT molecular complexity index is 2020. The van der Waals surface area contributed by atoms with Crippen LogP contribution < -0.4 is 10.6 Å². The highest BCUT2D eigenvalue weighted by Crippen LogP contribution is 2.26. The fraction of sp³-hybridized carbons (Fsp3) is 0.593. The Morgan fingerprint density at radius 3 is 1.18 bits per heavy atom. The molecule has 0 spiro atoms. The van der Waals surface area contributed by atoms with E-state index in [1.165, 1.54) is 9.80 Å². The maximum Gasteiger partial charge on any atom is 0.249 e. The van der Waals surface area contributed by atoms with Crippen LogP contribution in [0.1, 0.15) is 128 Å². The highest BCUT2D eigenvalue weighted by Gasteiger charge is 2.39. The zero-order chi connectivity index (χ0) is 53.7. The molecular formula is C54H78N6O12. The summed E-state index contributed by atoms with van der Waals surface area (Å²) in [6.45, 7) is 9.26. The van der Waals surface area contributed by atoms with Gasteiger partial charge >= 0.3 is 0 Å². The molecule has 0 bridgehead atoms. The Kier molecular flexibility index (Phi) is 25.4. The number of aliphatic hydroxyl groups excluding tert-OH is 2. The van der Waals surface area contributed by atoms with E-state index in [9.17, 15) is 58.2 Å². The summed E-state index contributed by atoms with van der Waals surface area (Å²) in [4.78, 5) is 132. The first-order chi connectivity index (χ1) is 34.2. The van der Waals surface area contributed by atoms with Crippen molar-refractivity contribution in [2.24, 2.45) is 11.8 Å². The normalized spacial score (nSPS) is 18.4. The number of carbonyl (C=O) groups is 10. The summed E-state index contributed by atoms with van der Waals surface area (Å²) in [6.07, 6.45) is -0.868. The minimum Gasteiger partial charge on any atom is -0.385 e. The first-order valence-electron chi connectivity index (χ1n) is 25.3. The van der Waals surface area contributed by atoms with E-state index in [1.54, 1.807) is 76.7 Å². The molecule has 4 amide bonds. The molecule has 2 aliphatic heterocycles. The van der Waals surface area contributed by atoms with Gasteiger partial charge in [0.2, 0.25) is 23.6 Å². The lowest BCUT2D eigenvalue weighted by Gasteiger charge is -2.25. The highest BCUT2D eigenvalue weighted by molar-refractivity contribution is 5.97. The van der Waals surface area contributed by atoms with E-state index in [2.05, 4.69) is 10.6 Å². The van der Waals surface area contributed by atoms with E-state index >= 15 is 0 Å². The number of Topliss-reactive ketones (excluding diaryl/α,β-unsaturated/α-hetero) is 6. The number of ketones is 6. The number of hydrogen-bond acceptors (Lipinski definition) is 14. The number of hydrogen-bond donors (Lipinski definition) is 4. The molecule has 8 atom stereocenters. The molecule has 18 heteroatoms. The minimum absolute atomic E-state index is 0.00874. The van der Waals surface area contributed by atoms with Crippen LogP contribution in [0.5, 0.6) is 0 Å². The monoisotopic (exact) mass is 1000 g/mol. The summed E-state index contributed by atoms with van der Waals surface area (Å²) in [7, 11) is 6.39. The third-order valence-electron chi connectivity index (χ3n) is 13.3. The molecule has 2 fully saturated rings. The van der Waals surface area contributed by atoms with Gasteiger partial charge in [0.15, 0.2) is 23.1 Å². The third-order valence-corrected chi connectivity index (χ3v) is 13.3. The number of nitrogens with zero attached hydrogens (tertiary/aromatic N) is 4. The first-order valence-corrected chi connectivity index (χ1v) is 25.3. The standard InChI is InChI=1S/2C27H39N3O6/c2*1-5-10-19(15-23(33)21-16-20(31)17-30(21)6-2)26(35)22(32)13-14-24(34)28-25(27(36)29(3)4)18-11-8-7-9-12-18/h2*7-9,11-12,19,21,25-26,35H,5-6,10,13-17H2,1-4H3,(H,28,34)/t2*19?,21-,25-,26?/m00/s1. The molecule has 2 aromatic rings. The van der Waals surface area contributed by atoms with Gasteiger partial charge in [-0.25, -0.2) is 0 Å². The predicted molar refractivity (Wildman–Crippen MR) is 270 cm³/mol. The van der Waals surface area contributed by atoms with Gasteiger partial charge < -0.3 is 30.6 Å². The number of benzene rings is 2. The van der Waals surface area contributed by atoms with E-state index in [0.29, 0.717) is 49.9 Å². The topological polar surface area (TPSA) is 248 Å². The van der Waals surface area contributed by atoms with E-state index < -0.39 is 71.6 Å². The van der Waals surface area contributed by atoms with Gasteiger partial charge in [0.1, 0.15) is 35.9 Å². The molecule has 4 unspecified atom stereocenters. The van der Waals surface area contributed by atoms with Crippen LogP contribution in [0.25, 0.3) is 0 Å². The number of nitrogens with one attached hydrogen (secondary N) is 2. The fourth-order valence-electron chi connectivity index (χ4n) is 9.21. The Hall–Kier alpha value is -5.82. The van der Waals surface area contributed by atoms with Crippen LogP contribution >= 0.6 is 0 Å². The summed E-state index contributed by atoms with van der Waals surface area (Å²) in [5.41, 5.74) is 1.26. The van der Waals surface area contributed by atoms with Gasteiger partial charge in [0.05, 0.1) is 25.2 Å². The third kappa shape index (κ3) is 18.3. The van der Waals surface area contributed by atoms with Crippen LogP contribution in [-0.4, -0.2) is 167 Å². The molecule has 4 N–H and O–H groups in total. The molecule has 18 nitrogen and oxygen atoms in total. The number of likely N-dealkylation sites (N-methyl/N-ethyl adjacent to an activating group) is 4. The molecule has 2 heterocycles. The average Bonchev–Trinajstić information content (AvgIpc) is 3.96. The van der Waals surface area contributed by atoms with Crippen molar-refractivity contribution in [3.8, 4) is 0 Å². The number of carbonyl (C=O) groups excluding carboxylic acids is 10. The smallest absolute Gasteiger partial charge is 0.249 e. The van der Waals surface area contributed by atoms with Gasteiger partial charge in [0, 0.05) is 79.6 Å². The van der Waals surface area contributed by atoms with Crippen LogP contribution in [-0.2, 0) is 47.9 Å². The summed E-state index contributed by atoms with van der Waals surface area (Å²) < 4.78 is 0.